The molecule has 1 aromatic heterocycles. The fraction of sp³-hybridized carbons (Fsp3) is 0.0909. The van der Waals surface area contributed by atoms with E-state index in [-0.39, 0.29) is 0 Å². The Labute approximate surface area is 102 Å². The molecule has 1 heterocycles. The van der Waals surface area contributed by atoms with E-state index in [2.05, 4.69) is 4.98 Å². The number of rotatable bonds is 4. The van der Waals surface area contributed by atoms with Crippen LogP contribution in [0.5, 0.6) is 5.75 Å². The van der Waals surface area contributed by atoms with E-state index < -0.39 is 0 Å². The number of carbonyl (C=O) groups is 1. The van der Waals surface area contributed by atoms with Crippen molar-refractivity contribution in [3.8, 4) is 5.75 Å². The van der Waals surface area contributed by atoms with Gasteiger partial charge in [0.25, 0.3) is 0 Å². The molecular weight excluding hydrogens is 246 g/mol. The summed E-state index contributed by atoms with van der Waals surface area (Å²) in [5.74, 6) is 0.484. The van der Waals surface area contributed by atoms with Gasteiger partial charge < -0.3 is 4.74 Å². The molecule has 2 aromatic rings. The van der Waals surface area contributed by atoms with E-state index in [1.165, 1.54) is 11.3 Å². The van der Waals surface area contributed by atoms with Crippen molar-refractivity contribution in [3.63, 3.8) is 0 Å². The third-order valence-corrected chi connectivity index (χ3v) is 3.05. The molecule has 2 rings (SSSR count). The molecule has 0 aliphatic heterocycles. The maximum absolute atomic E-state index is 10.8. The van der Waals surface area contributed by atoms with Crippen LogP contribution in [-0.2, 0) is 6.61 Å². The van der Waals surface area contributed by atoms with Crippen molar-refractivity contribution in [2.24, 2.45) is 0 Å². The quantitative estimate of drug-likeness (QED) is 0.786. The van der Waals surface area contributed by atoms with Crippen LogP contribution in [0.15, 0.2) is 29.8 Å². The van der Waals surface area contributed by atoms with Crippen molar-refractivity contribution in [1.82, 2.24) is 4.98 Å². The van der Waals surface area contributed by atoms with Crippen LogP contribution in [0, 0.1) is 0 Å². The lowest BCUT2D eigenvalue weighted by Crippen LogP contribution is -1.98. The molecule has 1 aromatic carbocycles. The van der Waals surface area contributed by atoms with E-state index >= 15 is 0 Å². The molecule has 0 unspecified atom stereocenters. The lowest BCUT2D eigenvalue weighted by atomic mass is 10.2. The predicted molar refractivity (Wildman–Crippen MR) is 63.3 cm³/mol. The van der Waals surface area contributed by atoms with Gasteiger partial charge in [-0.2, -0.15) is 0 Å². The SMILES string of the molecule is O=Cc1c(Cl)cccc1OCc1nccs1. The number of hydrogen-bond donors (Lipinski definition) is 0. The van der Waals surface area contributed by atoms with Gasteiger partial charge in [0, 0.05) is 11.6 Å². The summed E-state index contributed by atoms with van der Waals surface area (Å²) in [6, 6.07) is 5.11. The number of aldehydes is 1. The Morgan fingerprint density at radius 1 is 1.50 bits per heavy atom. The van der Waals surface area contributed by atoms with Crippen LogP contribution < -0.4 is 4.74 Å². The summed E-state index contributed by atoms with van der Waals surface area (Å²) < 4.78 is 5.49. The van der Waals surface area contributed by atoms with Gasteiger partial charge in [-0.25, -0.2) is 4.98 Å². The number of aromatic nitrogens is 1. The van der Waals surface area contributed by atoms with Gasteiger partial charge in [-0.15, -0.1) is 11.3 Å². The highest BCUT2D eigenvalue weighted by molar-refractivity contribution is 7.09. The molecule has 0 radical (unpaired) electrons. The molecule has 0 aliphatic rings. The van der Waals surface area contributed by atoms with Gasteiger partial charge in [0.2, 0.25) is 0 Å². The molecule has 16 heavy (non-hydrogen) atoms. The van der Waals surface area contributed by atoms with E-state index in [0.717, 1.165) is 5.01 Å². The zero-order valence-corrected chi connectivity index (χ0v) is 9.79. The summed E-state index contributed by atoms with van der Waals surface area (Å²) in [6.07, 6.45) is 2.40. The lowest BCUT2D eigenvalue weighted by molar-refractivity contribution is 0.111. The minimum Gasteiger partial charge on any atom is -0.486 e. The molecule has 0 saturated carbocycles. The first-order valence-corrected chi connectivity index (χ1v) is 5.82. The fourth-order valence-corrected chi connectivity index (χ4v) is 1.96. The first kappa shape index (κ1) is 11.1. The number of benzene rings is 1. The van der Waals surface area contributed by atoms with Crippen molar-refractivity contribution < 1.29 is 9.53 Å². The molecule has 0 fully saturated rings. The number of ether oxygens (including phenoxy) is 1. The average molecular weight is 254 g/mol. The number of nitrogens with zero attached hydrogens (tertiary/aromatic N) is 1. The first-order valence-electron chi connectivity index (χ1n) is 4.56. The molecule has 0 aliphatic carbocycles. The number of halogens is 1. The Kier molecular flexibility index (Phi) is 3.54. The lowest BCUT2D eigenvalue weighted by Gasteiger charge is -2.07. The highest BCUT2D eigenvalue weighted by Gasteiger charge is 2.07. The van der Waals surface area contributed by atoms with Crippen molar-refractivity contribution in [1.29, 1.82) is 0 Å². The minimum absolute atomic E-state index is 0.346. The van der Waals surface area contributed by atoms with E-state index in [4.69, 9.17) is 16.3 Å². The van der Waals surface area contributed by atoms with Crippen molar-refractivity contribution in [2.75, 3.05) is 0 Å². The Balaban J connectivity index is 2.15. The minimum atomic E-state index is 0.346. The zero-order chi connectivity index (χ0) is 11.4. The molecule has 0 atom stereocenters. The van der Waals surface area contributed by atoms with Gasteiger partial charge in [-0.3, -0.25) is 4.79 Å². The van der Waals surface area contributed by atoms with Crippen LogP contribution in [-0.4, -0.2) is 11.3 Å². The second-order valence-corrected chi connectivity index (χ2v) is 4.37. The molecule has 0 bridgehead atoms. The summed E-state index contributed by atoms with van der Waals surface area (Å²) >= 11 is 7.37. The van der Waals surface area contributed by atoms with Gasteiger partial charge in [0.05, 0.1) is 10.6 Å². The Bertz CT molecular complexity index is 485. The van der Waals surface area contributed by atoms with Gasteiger partial charge in [0.1, 0.15) is 17.4 Å². The van der Waals surface area contributed by atoms with Crippen LogP contribution in [0.1, 0.15) is 15.4 Å². The van der Waals surface area contributed by atoms with Crippen LogP contribution >= 0.6 is 22.9 Å². The van der Waals surface area contributed by atoms with E-state index in [0.29, 0.717) is 29.2 Å². The van der Waals surface area contributed by atoms with Gasteiger partial charge in [0.15, 0.2) is 6.29 Å². The standard InChI is InChI=1S/C11H8ClNO2S/c12-9-2-1-3-10(8(9)6-14)15-7-11-13-4-5-16-11/h1-6H,7H2. The predicted octanol–water partition coefficient (Wildman–Crippen LogP) is 3.19. The van der Waals surface area contributed by atoms with Gasteiger partial charge in [-0.05, 0) is 12.1 Å². The first-order chi connectivity index (χ1) is 7.81. The maximum Gasteiger partial charge on any atom is 0.155 e. The molecular formula is C11H8ClNO2S. The largest absolute Gasteiger partial charge is 0.486 e. The molecule has 0 saturated heterocycles. The fourth-order valence-electron chi connectivity index (χ4n) is 1.22. The van der Waals surface area contributed by atoms with Crippen molar-refractivity contribution >= 4 is 29.2 Å². The van der Waals surface area contributed by atoms with Crippen LogP contribution in [0.2, 0.25) is 5.02 Å². The molecule has 0 amide bonds. The smallest absolute Gasteiger partial charge is 0.155 e. The molecule has 0 spiro atoms. The highest BCUT2D eigenvalue weighted by Crippen LogP contribution is 2.25. The van der Waals surface area contributed by atoms with Gasteiger partial charge >= 0.3 is 0 Å². The van der Waals surface area contributed by atoms with E-state index in [9.17, 15) is 4.79 Å². The Hall–Kier alpha value is -1.39. The normalized spacial score (nSPS) is 10.1. The highest BCUT2D eigenvalue weighted by atomic mass is 35.5. The molecule has 5 heteroatoms. The zero-order valence-electron chi connectivity index (χ0n) is 8.22. The summed E-state index contributed by atoms with van der Waals surface area (Å²) in [6.45, 7) is 0.346. The second kappa shape index (κ2) is 5.09. The number of thiazole rings is 1. The van der Waals surface area contributed by atoms with E-state index in [1.54, 1.807) is 24.4 Å². The van der Waals surface area contributed by atoms with Crippen LogP contribution in [0.25, 0.3) is 0 Å². The summed E-state index contributed by atoms with van der Waals surface area (Å²) in [4.78, 5) is 14.9. The summed E-state index contributed by atoms with van der Waals surface area (Å²) in [5, 5.41) is 3.13. The Morgan fingerprint density at radius 2 is 2.38 bits per heavy atom. The second-order valence-electron chi connectivity index (χ2n) is 2.98. The topological polar surface area (TPSA) is 39.2 Å². The molecule has 82 valence electrons. The average Bonchev–Trinajstić information content (AvgIpc) is 2.79. The van der Waals surface area contributed by atoms with Crippen LogP contribution in [0.3, 0.4) is 0 Å². The van der Waals surface area contributed by atoms with Crippen LogP contribution in [0.4, 0.5) is 0 Å². The third-order valence-electron chi connectivity index (χ3n) is 1.97. The van der Waals surface area contributed by atoms with Gasteiger partial charge in [-0.1, -0.05) is 17.7 Å². The monoisotopic (exact) mass is 253 g/mol. The van der Waals surface area contributed by atoms with Crippen molar-refractivity contribution in [3.05, 3.63) is 45.4 Å². The van der Waals surface area contributed by atoms with Crippen molar-refractivity contribution in [2.45, 2.75) is 6.61 Å². The summed E-state index contributed by atoms with van der Waals surface area (Å²) in [7, 11) is 0. The molecule has 3 nitrogen and oxygen atoms in total. The number of hydrogen-bond acceptors (Lipinski definition) is 4. The number of carbonyl (C=O) groups excluding carboxylic acids is 1. The Morgan fingerprint density at radius 3 is 3.06 bits per heavy atom. The third kappa shape index (κ3) is 2.40. The summed E-state index contributed by atoms with van der Waals surface area (Å²) in [5.41, 5.74) is 0.376. The molecule has 0 N–H and O–H groups in total. The van der Waals surface area contributed by atoms with E-state index in [1.807, 2.05) is 5.38 Å². The maximum atomic E-state index is 10.8.